The normalized spacial score (nSPS) is 18.0. The van der Waals surface area contributed by atoms with Crippen LogP contribution in [-0.2, 0) is 14.3 Å². The average Bonchev–Trinajstić information content (AvgIpc) is 3.57. The third-order valence-electron chi connectivity index (χ3n) is 7.25. The summed E-state index contributed by atoms with van der Waals surface area (Å²) >= 11 is 0. The molecule has 1 atom stereocenters. The maximum Gasteiger partial charge on any atom is 0.412 e. The smallest absolute Gasteiger partial charge is 0.412 e. The van der Waals surface area contributed by atoms with Gasteiger partial charge in [0.1, 0.15) is 28.3 Å². The van der Waals surface area contributed by atoms with Crippen LogP contribution in [0.2, 0.25) is 0 Å². The largest absolute Gasteiger partial charge is 0.444 e. The Hall–Kier alpha value is -4.06. The number of hydrogen-bond donors (Lipinski definition) is 2. The number of esters is 2. The molecule has 12 heteroatoms. The Morgan fingerprint density at radius 1 is 1.10 bits per heavy atom. The van der Waals surface area contributed by atoms with Gasteiger partial charge in [0.25, 0.3) is 0 Å². The maximum absolute atomic E-state index is 14.9. The number of benzene rings is 1. The Kier molecular flexibility index (Phi) is 7.94. The number of hydrogen-bond acceptors (Lipinski definition) is 8. The zero-order valence-electron chi connectivity index (χ0n) is 23.2. The molecule has 2 saturated heterocycles. The molecule has 1 amide bonds. The molecule has 0 bridgehead atoms. The first kappa shape index (κ1) is 28.5. The van der Waals surface area contributed by atoms with Crippen LogP contribution >= 0.6 is 0 Å². The SMILES string of the molecule is CC(C)(C)OC(=O)Nc1c(N2CCCC2c2cc(F)ccc2F)ccn2ncc(C(=O)OC(=O)C3CCNCC3)c12. The number of anilines is 2. The van der Waals surface area contributed by atoms with Crippen LogP contribution in [0.3, 0.4) is 0 Å². The second kappa shape index (κ2) is 11.4. The molecule has 0 radical (unpaired) electrons. The van der Waals surface area contributed by atoms with Crippen LogP contribution in [0.25, 0.3) is 5.52 Å². The van der Waals surface area contributed by atoms with E-state index in [0.717, 1.165) is 12.1 Å². The number of carbonyl (C=O) groups excluding carboxylic acids is 3. The standard InChI is InChI=1S/C29H33F2N5O5/c1-29(2,3)41-28(39)34-24-23(35-13-4-5-22(35)19-15-18(30)6-7-21(19)31)10-14-36-25(24)20(16-33-36)27(38)40-26(37)17-8-11-32-12-9-17/h6-7,10,14-17,22,32H,4-5,8-9,11-13H2,1-3H3,(H,34,39). The van der Waals surface area contributed by atoms with Gasteiger partial charge in [-0.25, -0.2) is 22.9 Å². The van der Waals surface area contributed by atoms with Crippen molar-refractivity contribution in [1.82, 2.24) is 14.9 Å². The zero-order valence-corrected chi connectivity index (χ0v) is 23.2. The zero-order chi connectivity index (χ0) is 29.3. The summed E-state index contributed by atoms with van der Waals surface area (Å²) in [4.78, 5) is 40.9. The van der Waals surface area contributed by atoms with Gasteiger partial charge in [-0.2, -0.15) is 5.10 Å². The summed E-state index contributed by atoms with van der Waals surface area (Å²) in [6.45, 7) is 6.92. The van der Waals surface area contributed by atoms with Crippen molar-refractivity contribution in [2.75, 3.05) is 29.9 Å². The lowest BCUT2D eigenvalue weighted by Crippen LogP contribution is -2.33. The highest BCUT2D eigenvalue weighted by Crippen LogP contribution is 2.42. The summed E-state index contributed by atoms with van der Waals surface area (Å²) in [5.41, 5.74) is 0.137. The molecule has 41 heavy (non-hydrogen) atoms. The third kappa shape index (κ3) is 6.17. The van der Waals surface area contributed by atoms with Crippen molar-refractivity contribution in [3.63, 3.8) is 0 Å². The van der Waals surface area contributed by atoms with Crippen LogP contribution in [-0.4, -0.2) is 52.9 Å². The molecule has 3 aromatic rings. The predicted molar refractivity (Wildman–Crippen MR) is 147 cm³/mol. The van der Waals surface area contributed by atoms with Gasteiger partial charge in [-0.05, 0) is 83.8 Å². The lowest BCUT2D eigenvalue weighted by molar-refractivity contribution is -0.143. The number of rotatable bonds is 5. The molecular formula is C29H33F2N5O5. The predicted octanol–water partition coefficient (Wildman–Crippen LogP) is 4.98. The van der Waals surface area contributed by atoms with E-state index in [2.05, 4.69) is 15.7 Å². The molecule has 1 aromatic carbocycles. The molecule has 0 saturated carbocycles. The van der Waals surface area contributed by atoms with Gasteiger partial charge in [-0.3, -0.25) is 10.1 Å². The van der Waals surface area contributed by atoms with Gasteiger partial charge in [-0.15, -0.1) is 0 Å². The Labute approximate surface area is 236 Å². The van der Waals surface area contributed by atoms with E-state index >= 15 is 0 Å². The van der Waals surface area contributed by atoms with Crippen molar-refractivity contribution in [2.24, 2.45) is 5.92 Å². The fourth-order valence-electron chi connectivity index (χ4n) is 5.42. The van der Waals surface area contributed by atoms with E-state index < -0.39 is 47.2 Å². The van der Waals surface area contributed by atoms with Crippen LogP contribution in [0.5, 0.6) is 0 Å². The molecule has 2 N–H and O–H groups in total. The highest BCUT2D eigenvalue weighted by atomic mass is 19.1. The summed E-state index contributed by atoms with van der Waals surface area (Å²) in [5.74, 6) is -3.02. The third-order valence-corrected chi connectivity index (χ3v) is 7.25. The van der Waals surface area contributed by atoms with Crippen molar-refractivity contribution in [2.45, 2.75) is 58.1 Å². The van der Waals surface area contributed by atoms with Gasteiger partial charge in [0.2, 0.25) is 0 Å². The van der Waals surface area contributed by atoms with Crippen LogP contribution in [0.15, 0.2) is 36.7 Å². The number of aromatic nitrogens is 2. The van der Waals surface area contributed by atoms with Crippen molar-refractivity contribution in [1.29, 1.82) is 0 Å². The van der Waals surface area contributed by atoms with Crippen molar-refractivity contribution in [3.05, 3.63) is 59.4 Å². The summed E-state index contributed by atoms with van der Waals surface area (Å²) in [6.07, 6.45) is 4.41. The van der Waals surface area contributed by atoms with Crippen LogP contribution < -0.4 is 15.5 Å². The molecule has 2 aliphatic rings. The number of fused-ring (bicyclic) bond motifs is 1. The van der Waals surface area contributed by atoms with E-state index in [1.807, 2.05) is 4.90 Å². The molecular weight excluding hydrogens is 536 g/mol. The van der Waals surface area contributed by atoms with E-state index in [0.29, 0.717) is 51.0 Å². The first-order chi connectivity index (χ1) is 19.5. The monoisotopic (exact) mass is 569 g/mol. The van der Waals surface area contributed by atoms with Gasteiger partial charge >= 0.3 is 18.0 Å². The fraction of sp³-hybridized carbons (Fsp3) is 0.448. The molecule has 0 aliphatic carbocycles. The molecule has 5 rings (SSSR count). The van der Waals surface area contributed by atoms with E-state index in [1.54, 1.807) is 33.0 Å². The van der Waals surface area contributed by atoms with Gasteiger partial charge in [0, 0.05) is 18.3 Å². The highest BCUT2D eigenvalue weighted by molar-refractivity contribution is 6.08. The van der Waals surface area contributed by atoms with Crippen molar-refractivity contribution >= 4 is 34.9 Å². The first-order valence-electron chi connectivity index (χ1n) is 13.7. The number of pyridine rings is 1. The molecule has 0 spiro atoms. The lowest BCUT2D eigenvalue weighted by atomic mass is 9.98. The summed E-state index contributed by atoms with van der Waals surface area (Å²) < 4.78 is 41.1. The molecule has 2 aromatic heterocycles. The van der Waals surface area contributed by atoms with Crippen molar-refractivity contribution < 1.29 is 32.6 Å². The number of halogens is 2. The Bertz CT molecular complexity index is 1480. The van der Waals surface area contributed by atoms with Gasteiger partial charge < -0.3 is 19.7 Å². The Morgan fingerprint density at radius 2 is 1.85 bits per heavy atom. The molecule has 218 valence electrons. The second-order valence-corrected chi connectivity index (χ2v) is 11.3. The summed E-state index contributed by atoms with van der Waals surface area (Å²) in [5, 5.41) is 10.2. The summed E-state index contributed by atoms with van der Waals surface area (Å²) in [7, 11) is 0. The second-order valence-electron chi connectivity index (χ2n) is 11.3. The first-order valence-corrected chi connectivity index (χ1v) is 13.7. The van der Waals surface area contributed by atoms with E-state index in [1.165, 1.54) is 16.8 Å². The van der Waals surface area contributed by atoms with Gasteiger partial charge in [-0.1, -0.05) is 0 Å². The minimum atomic E-state index is -0.901. The van der Waals surface area contributed by atoms with Crippen LogP contribution in [0.1, 0.15) is 68.4 Å². The molecule has 2 aliphatic heterocycles. The minimum absolute atomic E-state index is 0.0344. The van der Waals surface area contributed by atoms with E-state index in [9.17, 15) is 23.2 Å². The maximum atomic E-state index is 14.9. The average molecular weight is 570 g/mol. The van der Waals surface area contributed by atoms with E-state index in [4.69, 9.17) is 9.47 Å². The van der Waals surface area contributed by atoms with Crippen LogP contribution in [0.4, 0.5) is 25.0 Å². The van der Waals surface area contributed by atoms with Gasteiger partial charge in [0.05, 0.1) is 29.5 Å². The van der Waals surface area contributed by atoms with Crippen molar-refractivity contribution in [3.8, 4) is 0 Å². The number of carbonyl (C=O) groups is 3. The number of nitrogens with one attached hydrogen (secondary N) is 2. The van der Waals surface area contributed by atoms with Crippen LogP contribution in [0, 0.1) is 17.6 Å². The summed E-state index contributed by atoms with van der Waals surface area (Å²) in [6, 6.07) is 4.47. The van der Waals surface area contributed by atoms with E-state index in [-0.39, 0.29) is 22.3 Å². The quantitative estimate of drug-likeness (QED) is 0.327. The minimum Gasteiger partial charge on any atom is -0.444 e. The highest BCUT2D eigenvalue weighted by Gasteiger charge is 2.34. The topological polar surface area (TPSA) is 114 Å². The number of ether oxygens (including phenoxy) is 2. The Balaban J connectivity index is 1.57. The molecule has 10 nitrogen and oxygen atoms in total. The Morgan fingerprint density at radius 3 is 2.59 bits per heavy atom. The molecule has 4 heterocycles. The fourth-order valence-corrected chi connectivity index (χ4v) is 5.42. The molecule has 2 fully saturated rings. The lowest BCUT2D eigenvalue weighted by Gasteiger charge is -2.30. The molecule has 1 unspecified atom stereocenters. The number of amides is 1. The van der Waals surface area contributed by atoms with Gasteiger partial charge in [0.15, 0.2) is 0 Å². The number of piperidine rings is 1. The number of nitrogens with zero attached hydrogens (tertiary/aromatic N) is 3.